The van der Waals surface area contributed by atoms with Gasteiger partial charge in [0.25, 0.3) is 0 Å². The minimum Gasteiger partial charge on any atom is -0.376 e. The van der Waals surface area contributed by atoms with Crippen LogP contribution < -0.4 is 5.32 Å². The molecule has 2 saturated heterocycles. The largest absolute Gasteiger partial charge is 0.376 e. The number of ether oxygens (including phenoxy) is 1. The Morgan fingerprint density at radius 3 is 2.59 bits per heavy atom. The van der Waals surface area contributed by atoms with Crippen LogP contribution in [-0.2, 0) is 11.2 Å². The molecular weight excluding hydrogens is 364 g/mol. The topological polar surface area (TPSA) is 24.5 Å². The van der Waals surface area contributed by atoms with Crippen LogP contribution in [0.5, 0.6) is 0 Å². The van der Waals surface area contributed by atoms with Crippen molar-refractivity contribution in [3.63, 3.8) is 0 Å². The van der Waals surface area contributed by atoms with Crippen molar-refractivity contribution >= 4 is 28.3 Å². The Balaban J connectivity index is 0.00000176. The summed E-state index contributed by atoms with van der Waals surface area (Å²) in [7, 11) is 0. The first-order chi connectivity index (χ1) is 10.2. The molecular formula is C17H26BrClN2O. The molecule has 0 aromatic heterocycles. The van der Waals surface area contributed by atoms with Gasteiger partial charge in [0.2, 0.25) is 0 Å². The Morgan fingerprint density at radius 1 is 1.23 bits per heavy atom. The molecule has 0 saturated carbocycles. The van der Waals surface area contributed by atoms with E-state index in [4.69, 9.17) is 4.74 Å². The minimum absolute atomic E-state index is 0. The standard InChI is InChI=1S/C17H25BrN2O.ClH/c1-13-11-20(16-6-8-19-9-7-16)17(12-21-13)10-14-2-4-15(18)5-3-14;/h2-5,13,16-17,19H,6-12H2,1H3;1H/t13-,17-;/m0./s1. The maximum atomic E-state index is 5.94. The second-order valence-electron chi connectivity index (χ2n) is 6.31. The summed E-state index contributed by atoms with van der Waals surface area (Å²) in [5.41, 5.74) is 1.40. The fourth-order valence-electron chi connectivity index (χ4n) is 3.52. The Bertz CT molecular complexity index is 450. The highest BCUT2D eigenvalue weighted by Crippen LogP contribution is 2.23. The number of halogens is 2. The lowest BCUT2D eigenvalue weighted by Gasteiger charge is -2.45. The van der Waals surface area contributed by atoms with Gasteiger partial charge in [-0.05, 0) is 57.0 Å². The third-order valence-corrected chi connectivity index (χ3v) is 5.20. The van der Waals surface area contributed by atoms with E-state index in [0.717, 1.165) is 43.2 Å². The molecule has 0 unspecified atom stereocenters. The van der Waals surface area contributed by atoms with E-state index < -0.39 is 0 Å². The fourth-order valence-corrected chi connectivity index (χ4v) is 3.79. The molecule has 2 heterocycles. The Hall–Kier alpha value is -0.130. The molecule has 2 fully saturated rings. The zero-order chi connectivity index (χ0) is 14.7. The lowest BCUT2D eigenvalue weighted by molar-refractivity contribution is -0.0752. The van der Waals surface area contributed by atoms with Crippen LogP contribution in [0.4, 0.5) is 0 Å². The summed E-state index contributed by atoms with van der Waals surface area (Å²) in [6, 6.07) is 9.96. The summed E-state index contributed by atoms with van der Waals surface area (Å²) in [4.78, 5) is 2.72. The molecule has 1 aromatic carbocycles. The van der Waals surface area contributed by atoms with Crippen molar-refractivity contribution in [2.45, 2.75) is 44.4 Å². The number of rotatable bonds is 3. The average molecular weight is 390 g/mol. The number of nitrogens with zero attached hydrogens (tertiary/aromatic N) is 1. The molecule has 124 valence electrons. The molecule has 2 atom stereocenters. The van der Waals surface area contributed by atoms with Gasteiger partial charge < -0.3 is 10.1 Å². The Kier molecular flexibility index (Phi) is 7.16. The maximum Gasteiger partial charge on any atom is 0.0674 e. The van der Waals surface area contributed by atoms with Crippen molar-refractivity contribution in [1.82, 2.24) is 10.2 Å². The van der Waals surface area contributed by atoms with E-state index >= 15 is 0 Å². The highest BCUT2D eigenvalue weighted by Gasteiger charge is 2.32. The van der Waals surface area contributed by atoms with Gasteiger partial charge in [0, 0.05) is 23.1 Å². The van der Waals surface area contributed by atoms with Gasteiger partial charge in [0.05, 0.1) is 12.7 Å². The molecule has 2 aliphatic rings. The smallest absolute Gasteiger partial charge is 0.0674 e. The number of morpholine rings is 1. The maximum absolute atomic E-state index is 5.94. The van der Waals surface area contributed by atoms with Crippen molar-refractivity contribution in [3.05, 3.63) is 34.3 Å². The molecule has 2 aliphatic heterocycles. The summed E-state index contributed by atoms with van der Waals surface area (Å²) in [6.07, 6.45) is 3.98. The zero-order valence-corrected chi connectivity index (χ0v) is 15.5. The Morgan fingerprint density at radius 2 is 1.91 bits per heavy atom. The highest BCUT2D eigenvalue weighted by atomic mass is 79.9. The van der Waals surface area contributed by atoms with Crippen molar-refractivity contribution in [2.24, 2.45) is 0 Å². The first-order valence-corrected chi connectivity index (χ1v) is 8.84. The zero-order valence-electron chi connectivity index (χ0n) is 13.1. The van der Waals surface area contributed by atoms with Crippen molar-refractivity contribution < 1.29 is 4.74 Å². The van der Waals surface area contributed by atoms with Crippen LogP contribution in [0.15, 0.2) is 28.7 Å². The third kappa shape index (κ3) is 4.68. The number of benzene rings is 1. The van der Waals surface area contributed by atoms with Crippen LogP contribution >= 0.6 is 28.3 Å². The molecule has 0 radical (unpaired) electrons. The van der Waals surface area contributed by atoms with Crippen LogP contribution in [0.25, 0.3) is 0 Å². The van der Waals surface area contributed by atoms with Crippen molar-refractivity contribution in [1.29, 1.82) is 0 Å². The SMILES string of the molecule is C[C@H]1CN(C2CCNCC2)[C@@H](Cc2ccc(Br)cc2)CO1.Cl. The summed E-state index contributed by atoms with van der Waals surface area (Å²) in [6.45, 7) is 6.44. The van der Waals surface area contributed by atoms with Crippen LogP contribution in [0.2, 0.25) is 0 Å². The summed E-state index contributed by atoms with van der Waals surface area (Å²) in [5, 5.41) is 3.47. The number of hydrogen-bond acceptors (Lipinski definition) is 3. The number of hydrogen-bond donors (Lipinski definition) is 1. The lowest BCUT2D eigenvalue weighted by atomic mass is 9.97. The van der Waals surface area contributed by atoms with E-state index in [9.17, 15) is 0 Å². The molecule has 1 aromatic rings. The van der Waals surface area contributed by atoms with Gasteiger partial charge >= 0.3 is 0 Å². The molecule has 1 N–H and O–H groups in total. The van der Waals surface area contributed by atoms with Crippen molar-refractivity contribution in [3.8, 4) is 0 Å². The second kappa shape index (κ2) is 8.65. The molecule has 3 nitrogen and oxygen atoms in total. The monoisotopic (exact) mass is 388 g/mol. The summed E-state index contributed by atoms with van der Waals surface area (Å²) >= 11 is 3.51. The second-order valence-corrected chi connectivity index (χ2v) is 7.22. The molecule has 0 amide bonds. The van der Waals surface area contributed by atoms with Gasteiger partial charge in [-0.2, -0.15) is 0 Å². The molecule has 3 rings (SSSR count). The van der Waals surface area contributed by atoms with Crippen molar-refractivity contribution in [2.75, 3.05) is 26.2 Å². The normalized spacial score (nSPS) is 27.4. The van der Waals surface area contributed by atoms with Crippen LogP contribution in [0, 0.1) is 0 Å². The van der Waals surface area contributed by atoms with E-state index in [0.29, 0.717) is 12.1 Å². The minimum atomic E-state index is 0. The molecule has 0 spiro atoms. The van der Waals surface area contributed by atoms with E-state index in [1.54, 1.807) is 0 Å². The van der Waals surface area contributed by atoms with Gasteiger partial charge in [-0.3, -0.25) is 4.90 Å². The van der Waals surface area contributed by atoms with Gasteiger partial charge in [0.15, 0.2) is 0 Å². The quantitative estimate of drug-likeness (QED) is 0.859. The van der Waals surface area contributed by atoms with E-state index in [1.165, 1.54) is 18.4 Å². The van der Waals surface area contributed by atoms with Crippen LogP contribution in [-0.4, -0.2) is 49.3 Å². The summed E-state index contributed by atoms with van der Waals surface area (Å²) in [5.74, 6) is 0. The van der Waals surface area contributed by atoms with Gasteiger partial charge in [-0.25, -0.2) is 0 Å². The van der Waals surface area contributed by atoms with Gasteiger partial charge in [0.1, 0.15) is 0 Å². The van der Waals surface area contributed by atoms with Crippen LogP contribution in [0.3, 0.4) is 0 Å². The van der Waals surface area contributed by atoms with Gasteiger partial charge in [-0.1, -0.05) is 28.1 Å². The van der Waals surface area contributed by atoms with E-state index in [1.807, 2.05) is 0 Å². The Labute approximate surface area is 148 Å². The lowest BCUT2D eigenvalue weighted by Crippen LogP contribution is -2.56. The first kappa shape index (κ1) is 18.2. The van der Waals surface area contributed by atoms with Gasteiger partial charge in [-0.15, -0.1) is 12.4 Å². The number of piperidine rings is 1. The average Bonchev–Trinajstić information content (AvgIpc) is 2.52. The predicted octanol–water partition coefficient (Wildman–Crippen LogP) is 3.25. The van der Waals surface area contributed by atoms with E-state index in [-0.39, 0.29) is 12.4 Å². The molecule has 22 heavy (non-hydrogen) atoms. The summed E-state index contributed by atoms with van der Waals surface area (Å²) < 4.78 is 7.09. The highest BCUT2D eigenvalue weighted by molar-refractivity contribution is 9.10. The predicted molar refractivity (Wildman–Crippen MR) is 96.9 cm³/mol. The fraction of sp³-hybridized carbons (Fsp3) is 0.647. The van der Waals surface area contributed by atoms with E-state index in [2.05, 4.69) is 57.3 Å². The molecule has 0 aliphatic carbocycles. The molecule has 0 bridgehead atoms. The van der Waals surface area contributed by atoms with Crippen LogP contribution in [0.1, 0.15) is 25.3 Å². The number of nitrogens with one attached hydrogen (secondary N) is 1. The first-order valence-electron chi connectivity index (χ1n) is 8.05. The third-order valence-electron chi connectivity index (χ3n) is 4.67. The molecule has 5 heteroatoms.